The lowest BCUT2D eigenvalue weighted by Gasteiger charge is -2.22. The molecule has 0 heterocycles. The van der Waals surface area contributed by atoms with Gasteiger partial charge in [-0.25, -0.2) is 9.59 Å². The van der Waals surface area contributed by atoms with E-state index in [4.69, 9.17) is 9.84 Å². The third-order valence-corrected chi connectivity index (χ3v) is 2.94. The van der Waals surface area contributed by atoms with Crippen LogP contribution in [-0.2, 0) is 14.4 Å². The summed E-state index contributed by atoms with van der Waals surface area (Å²) < 4.78 is 4.76. The largest absolute Gasteiger partial charge is 0.569 e. The Hall–Kier alpha value is -2.84. The van der Waals surface area contributed by atoms with Crippen LogP contribution in [0.3, 0.4) is 0 Å². The van der Waals surface area contributed by atoms with Gasteiger partial charge in [0.25, 0.3) is 6.79 Å². The van der Waals surface area contributed by atoms with Crippen LogP contribution in [0.1, 0.15) is 24.2 Å². The van der Waals surface area contributed by atoms with Gasteiger partial charge < -0.3 is 19.9 Å². The minimum atomic E-state index is -1.16. The maximum atomic E-state index is 11.7. The van der Waals surface area contributed by atoms with Crippen molar-refractivity contribution in [1.29, 1.82) is 0 Å². The van der Waals surface area contributed by atoms with Crippen LogP contribution in [0.15, 0.2) is 35.6 Å². The Morgan fingerprint density at radius 2 is 1.96 bits per heavy atom. The summed E-state index contributed by atoms with van der Waals surface area (Å²) in [5.74, 6) is -2.11. The number of likely N-dealkylation sites (N-methyl/N-ethyl adjacent to an activating group) is 1. The van der Waals surface area contributed by atoms with Crippen LogP contribution in [0.25, 0.3) is 0 Å². The molecule has 1 aromatic rings. The summed E-state index contributed by atoms with van der Waals surface area (Å²) in [4.78, 5) is 27.3. The van der Waals surface area contributed by atoms with Crippen molar-refractivity contribution in [2.45, 2.75) is 19.9 Å². The molecule has 0 aromatic heterocycles. The number of benzene rings is 1. The summed E-state index contributed by atoms with van der Waals surface area (Å²) in [6.45, 7) is 2.75. The number of carboxylic acids is 1. The molecule has 0 bridgehead atoms. The van der Waals surface area contributed by atoms with Gasteiger partial charge in [0.15, 0.2) is 6.04 Å². The summed E-state index contributed by atoms with van der Waals surface area (Å²) in [5.41, 5.74) is 0.331. The SMILES string of the molecule is CC(C)[C@@H](C(=O)O)N(C)[N+]([O-])=NOCOC(=O)c1ccccc1. The first-order chi connectivity index (χ1) is 10.8. The van der Waals surface area contributed by atoms with E-state index in [0.717, 1.165) is 5.01 Å². The van der Waals surface area contributed by atoms with Gasteiger partial charge in [-0.05, 0) is 18.1 Å². The highest BCUT2D eigenvalue weighted by atomic mass is 16.8. The summed E-state index contributed by atoms with van der Waals surface area (Å²) in [5, 5.41) is 24.7. The first kappa shape index (κ1) is 18.2. The molecule has 126 valence electrons. The van der Waals surface area contributed by atoms with Crippen LogP contribution >= 0.6 is 0 Å². The Balaban J connectivity index is 2.50. The van der Waals surface area contributed by atoms with Crippen LogP contribution in [-0.4, -0.2) is 46.9 Å². The van der Waals surface area contributed by atoms with Crippen molar-refractivity contribution in [3.05, 3.63) is 41.1 Å². The van der Waals surface area contributed by atoms with Crippen molar-refractivity contribution >= 4 is 11.9 Å². The van der Waals surface area contributed by atoms with Gasteiger partial charge in [-0.2, -0.15) is 0 Å². The van der Waals surface area contributed by atoms with Gasteiger partial charge >= 0.3 is 11.9 Å². The Morgan fingerprint density at radius 3 is 2.48 bits per heavy atom. The van der Waals surface area contributed by atoms with Crippen molar-refractivity contribution in [2.75, 3.05) is 13.8 Å². The quantitative estimate of drug-likeness (QED) is 0.193. The summed E-state index contributed by atoms with van der Waals surface area (Å²) in [6.07, 6.45) is 0. The summed E-state index contributed by atoms with van der Waals surface area (Å²) in [7, 11) is 1.27. The van der Waals surface area contributed by atoms with Crippen LogP contribution in [0, 0.1) is 11.1 Å². The van der Waals surface area contributed by atoms with Gasteiger partial charge in [0, 0.05) is 0 Å². The first-order valence-electron chi connectivity index (χ1n) is 6.82. The highest BCUT2D eigenvalue weighted by Crippen LogP contribution is 2.10. The summed E-state index contributed by atoms with van der Waals surface area (Å²) >= 11 is 0. The fourth-order valence-corrected chi connectivity index (χ4v) is 1.85. The Bertz CT molecular complexity index is 561. The third kappa shape index (κ3) is 5.46. The molecule has 0 aliphatic heterocycles. The van der Waals surface area contributed by atoms with Gasteiger partial charge in [-0.3, -0.25) is 0 Å². The van der Waals surface area contributed by atoms with Gasteiger partial charge in [0.2, 0.25) is 5.28 Å². The minimum Gasteiger partial charge on any atom is -0.569 e. The normalized spacial score (nSPS) is 12.6. The molecular weight excluding hydrogens is 306 g/mol. The smallest absolute Gasteiger partial charge is 0.341 e. The molecule has 0 radical (unpaired) electrons. The lowest BCUT2D eigenvalue weighted by atomic mass is 10.1. The number of rotatable bonds is 8. The van der Waals surface area contributed by atoms with E-state index >= 15 is 0 Å². The molecule has 9 heteroatoms. The zero-order valence-electron chi connectivity index (χ0n) is 13.1. The number of carboxylic acid groups (broad SMARTS) is 1. The third-order valence-electron chi connectivity index (χ3n) is 2.94. The zero-order valence-corrected chi connectivity index (χ0v) is 13.1. The van der Waals surface area contributed by atoms with Crippen LogP contribution in [0.4, 0.5) is 0 Å². The average Bonchev–Trinajstić information content (AvgIpc) is 2.51. The highest BCUT2D eigenvalue weighted by Gasteiger charge is 2.31. The number of aliphatic carboxylic acids is 1. The van der Waals surface area contributed by atoms with E-state index in [0.29, 0.717) is 5.56 Å². The predicted octanol–water partition coefficient (Wildman–Crippen LogP) is 1.65. The van der Waals surface area contributed by atoms with Crippen LogP contribution < -0.4 is 0 Å². The second-order valence-electron chi connectivity index (χ2n) is 4.98. The van der Waals surface area contributed by atoms with Crippen molar-refractivity contribution < 1.29 is 29.2 Å². The minimum absolute atomic E-state index is 0.00482. The number of nitrogens with zero attached hydrogens (tertiary/aromatic N) is 3. The number of hydrazine groups is 1. The molecule has 0 fully saturated rings. The number of ether oxygens (including phenoxy) is 1. The molecule has 9 nitrogen and oxygen atoms in total. The van der Waals surface area contributed by atoms with E-state index in [1.165, 1.54) is 7.05 Å². The fraction of sp³-hybridized carbons (Fsp3) is 0.429. The molecule has 0 saturated heterocycles. The number of hydrogen-bond acceptors (Lipinski definition) is 6. The van der Waals surface area contributed by atoms with E-state index in [1.54, 1.807) is 44.2 Å². The molecule has 0 aliphatic rings. The maximum Gasteiger partial charge on any atom is 0.341 e. The van der Waals surface area contributed by atoms with E-state index in [-0.39, 0.29) is 10.9 Å². The molecular formula is C14H19N3O6. The molecule has 1 N–H and O–H groups in total. The molecule has 0 aliphatic carbocycles. The molecule has 1 atom stereocenters. The van der Waals surface area contributed by atoms with Crippen LogP contribution in [0.2, 0.25) is 0 Å². The Labute approximate surface area is 133 Å². The number of carbonyl (C=O) groups excluding carboxylic acids is 1. The second kappa shape index (κ2) is 8.57. The van der Waals surface area contributed by atoms with Crippen LogP contribution in [0.5, 0.6) is 0 Å². The van der Waals surface area contributed by atoms with E-state index in [1.807, 2.05) is 0 Å². The molecule has 0 spiro atoms. The van der Waals surface area contributed by atoms with Crippen molar-refractivity contribution in [2.24, 2.45) is 11.2 Å². The van der Waals surface area contributed by atoms with E-state index < -0.39 is 24.8 Å². The molecule has 0 amide bonds. The topological polar surface area (TPSA) is 114 Å². The first-order valence-corrected chi connectivity index (χ1v) is 6.82. The van der Waals surface area contributed by atoms with Crippen molar-refractivity contribution in [3.63, 3.8) is 0 Å². The van der Waals surface area contributed by atoms with Crippen molar-refractivity contribution in [3.8, 4) is 0 Å². The van der Waals surface area contributed by atoms with Gasteiger partial charge in [0.05, 0.1) is 17.6 Å². The molecule has 0 saturated carbocycles. The number of esters is 1. The lowest BCUT2D eigenvalue weighted by Crippen LogP contribution is -2.45. The number of hydrogen-bond donors (Lipinski definition) is 1. The van der Waals surface area contributed by atoms with Gasteiger partial charge in [-0.1, -0.05) is 32.0 Å². The highest BCUT2D eigenvalue weighted by molar-refractivity contribution is 5.89. The standard InChI is InChI=1S/C14H19N3O6/c1-10(2)12(13(18)19)16(3)17(21)15-23-9-22-14(20)11-7-5-4-6-8-11/h4-8,10,12H,9H2,1-3H3,(H,18,19)/t12-/m0/s1. The van der Waals surface area contributed by atoms with Crippen molar-refractivity contribution in [1.82, 2.24) is 5.01 Å². The van der Waals surface area contributed by atoms with E-state index in [9.17, 15) is 14.8 Å². The predicted molar refractivity (Wildman–Crippen MR) is 77.9 cm³/mol. The average molecular weight is 325 g/mol. The Morgan fingerprint density at radius 1 is 1.35 bits per heavy atom. The lowest BCUT2D eigenvalue weighted by molar-refractivity contribution is -0.712. The molecule has 23 heavy (non-hydrogen) atoms. The molecule has 1 rings (SSSR count). The summed E-state index contributed by atoms with van der Waals surface area (Å²) in [6, 6.07) is 7.16. The number of carbonyl (C=O) groups is 2. The van der Waals surface area contributed by atoms with Gasteiger partial charge in [-0.15, -0.1) is 5.01 Å². The molecule has 1 aromatic carbocycles. The fourth-order valence-electron chi connectivity index (χ4n) is 1.85. The second-order valence-corrected chi connectivity index (χ2v) is 4.98. The van der Waals surface area contributed by atoms with E-state index in [2.05, 4.69) is 10.1 Å². The van der Waals surface area contributed by atoms with Gasteiger partial charge in [0.1, 0.15) is 0 Å². The Kier molecular flexibility index (Phi) is 6.78. The monoisotopic (exact) mass is 325 g/mol. The zero-order chi connectivity index (χ0) is 17.4. The molecule has 0 unspecified atom stereocenters. The maximum absolute atomic E-state index is 11.7.